The van der Waals surface area contributed by atoms with Crippen LogP contribution in [0.5, 0.6) is 0 Å². The van der Waals surface area contributed by atoms with E-state index >= 15 is 0 Å². The highest BCUT2D eigenvalue weighted by Crippen LogP contribution is 2.14. The third kappa shape index (κ3) is 3.26. The molecule has 1 heterocycles. The van der Waals surface area contributed by atoms with Gasteiger partial charge in [-0.2, -0.15) is 0 Å². The molecule has 0 aliphatic heterocycles. The van der Waals surface area contributed by atoms with Crippen LogP contribution in [0, 0.1) is 13.8 Å². The first-order valence-electron chi connectivity index (χ1n) is 5.54. The van der Waals surface area contributed by atoms with Gasteiger partial charge in [0, 0.05) is 5.69 Å². The number of carboxylic acids is 1. The number of hydrogen-bond donors (Lipinski definition) is 2. The summed E-state index contributed by atoms with van der Waals surface area (Å²) in [5.41, 5.74) is 3.13. The van der Waals surface area contributed by atoms with Crippen molar-refractivity contribution < 1.29 is 19.4 Å². The third-order valence-corrected chi connectivity index (χ3v) is 2.26. The van der Waals surface area contributed by atoms with Gasteiger partial charge in [0.25, 0.3) is 0 Å². The smallest absolute Gasteiger partial charge is 0.426 e. The van der Waals surface area contributed by atoms with Gasteiger partial charge in [-0.05, 0) is 40.7 Å². The molecule has 1 aromatic heterocycles. The van der Waals surface area contributed by atoms with Gasteiger partial charge in [-0.1, -0.05) is 0 Å². The summed E-state index contributed by atoms with van der Waals surface area (Å²) in [5.74, 6) is -1.03. The largest absolute Gasteiger partial charge is 0.478 e. The lowest BCUT2D eigenvalue weighted by molar-refractivity contribution is 0.0609. The van der Waals surface area contributed by atoms with Crippen LogP contribution in [0.2, 0.25) is 0 Å². The first-order chi connectivity index (χ1) is 8.11. The average Bonchev–Trinajstić information content (AvgIpc) is 2.42. The third-order valence-electron chi connectivity index (χ3n) is 2.26. The molecular formula is C12H18N2O4. The Balaban J connectivity index is 2.92. The van der Waals surface area contributed by atoms with Crippen LogP contribution in [0.1, 0.15) is 42.5 Å². The van der Waals surface area contributed by atoms with Crippen LogP contribution >= 0.6 is 0 Å². The number of carbonyl (C=O) groups excluding carboxylic acids is 1. The Morgan fingerprint density at radius 3 is 2.28 bits per heavy atom. The predicted octanol–water partition coefficient (Wildman–Crippen LogP) is 2.28. The Kier molecular flexibility index (Phi) is 3.69. The zero-order chi connectivity index (χ0) is 14.1. The molecule has 0 saturated carbocycles. The molecule has 0 unspecified atom stereocenters. The number of ether oxygens (including phenoxy) is 1. The highest BCUT2D eigenvalue weighted by molar-refractivity contribution is 5.89. The molecule has 0 saturated heterocycles. The summed E-state index contributed by atoms with van der Waals surface area (Å²) in [5, 5.41) is 8.97. The topological polar surface area (TPSA) is 80.6 Å². The number of hydrogen-bond acceptors (Lipinski definition) is 3. The molecule has 6 nitrogen and oxygen atoms in total. The standard InChI is InChI=1S/C12H18N2O4/c1-7-6-9(10(15)16)8(2)14(7)13-11(17)18-12(3,4)5/h6H,1-5H3,(H,13,17)(H,15,16). The lowest BCUT2D eigenvalue weighted by Gasteiger charge is -2.21. The minimum absolute atomic E-state index is 0.156. The van der Waals surface area contributed by atoms with Crippen LogP contribution in [0.15, 0.2) is 6.07 Å². The summed E-state index contributed by atoms with van der Waals surface area (Å²) in [6.45, 7) is 8.59. The zero-order valence-electron chi connectivity index (χ0n) is 11.2. The highest BCUT2D eigenvalue weighted by atomic mass is 16.6. The number of nitrogens with one attached hydrogen (secondary N) is 1. The lowest BCUT2D eigenvalue weighted by atomic mass is 10.2. The molecule has 0 aliphatic carbocycles. The summed E-state index contributed by atoms with van der Waals surface area (Å²) >= 11 is 0. The van der Waals surface area contributed by atoms with E-state index in [-0.39, 0.29) is 5.56 Å². The maximum absolute atomic E-state index is 11.6. The molecule has 0 radical (unpaired) electrons. The Morgan fingerprint density at radius 1 is 1.33 bits per heavy atom. The predicted molar refractivity (Wildman–Crippen MR) is 66.5 cm³/mol. The van der Waals surface area contributed by atoms with Crippen molar-refractivity contribution in [3.8, 4) is 0 Å². The van der Waals surface area contributed by atoms with Gasteiger partial charge in [0.2, 0.25) is 0 Å². The van der Waals surface area contributed by atoms with E-state index in [1.54, 1.807) is 34.6 Å². The van der Waals surface area contributed by atoms with Crippen molar-refractivity contribution in [2.45, 2.75) is 40.2 Å². The van der Waals surface area contributed by atoms with E-state index in [0.29, 0.717) is 11.4 Å². The number of amides is 1. The van der Waals surface area contributed by atoms with Crippen molar-refractivity contribution in [2.75, 3.05) is 5.43 Å². The maximum Gasteiger partial charge on any atom is 0.426 e. The SMILES string of the molecule is Cc1cc(C(=O)O)c(C)n1NC(=O)OC(C)(C)C. The van der Waals surface area contributed by atoms with E-state index in [4.69, 9.17) is 9.84 Å². The van der Waals surface area contributed by atoms with Crippen LogP contribution in [-0.2, 0) is 4.74 Å². The first kappa shape index (κ1) is 14.1. The Morgan fingerprint density at radius 2 is 1.89 bits per heavy atom. The zero-order valence-corrected chi connectivity index (χ0v) is 11.2. The first-order valence-corrected chi connectivity index (χ1v) is 5.54. The van der Waals surface area contributed by atoms with Crippen molar-refractivity contribution >= 4 is 12.1 Å². The summed E-state index contributed by atoms with van der Waals surface area (Å²) in [6.07, 6.45) is -0.624. The number of carbonyl (C=O) groups is 2. The summed E-state index contributed by atoms with van der Waals surface area (Å²) in [4.78, 5) is 22.6. The fraction of sp³-hybridized carbons (Fsp3) is 0.500. The molecule has 0 aliphatic rings. The second kappa shape index (κ2) is 4.72. The van der Waals surface area contributed by atoms with Gasteiger partial charge in [0.15, 0.2) is 0 Å². The Bertz CT molecular complexity index is 483. The van der Waals surface area contributed by atoms with Gasteiger partial charge in [0.1, 0.15) is 5.60 Å². The summed E-state index contributed by atoms with van der Waals surface area (Å²) in [6, 6.07) is 1.50. The highest BCUT2D eigenvalue weighted by Gasteiger charge is 2.19. The molecule has 6 heteroatoms. The van der Waals surface area contributed by atoms with E-state index in [9.17, 15) is 9.59 Å². The number of aromatic nitrogens is 1. The van der Waals surface area contributed by atoms with Gasteiger partial charge in [0.05, 0.1) is 11.3 Å². The van der Waals surface area contributed by atoms with Gasteiger partial charge in [-0.3, -0.25) is 4.68 Å². The monoisotopic (exact) mass is 254 g/mol. The molecule has 2 N–H and O–H groups in total. The number of nitrogens with zero attached hydrogens (tertiary/aromatic N) is 1. The molecule has 1 amide bonds. The molecule has 1 rings (SSSR count). The van der Waals surface area contributed by atoms with Crippen molar-refractivity contribution in [2.24, 2.45) is 0 Å². The van der Waals surface area contributed by atoms with Crippen LogP contribution in [-0.4, -0.2) is 27.4 Å². The molecule has 18 heavy (non-hydrogen) atoms. The Hall–Kier alpha value is -1.98. The molecule has 0 bridgehead atoms. The second-order valence-electron chi connectivity index (χ2n) is 5.04. The molecule has 0 spiro atoms. The minimum atomic E-state index is -1.03. The number of aromatic carboxylic acids is 1. The van der Waals surface area contributed by atoms with Crippen LogP contribution in [0.3, 0.4) is 0 Å². The van der Waals surface area contributed by atoms with Crippen LogP contribution < -0.4 is 5.43 Å². The molecule has 0 atom stereocenters. The lowest BCUT2D eigenvalue weighted by Crippen LogP contribution is -2.32. The van der Waals surface area contributed by atoms with Crippen LogP contribution in [0.25, 0.3) is 0 Å². The van der Waals surface area contributed by atoms with E-state index in [1.165, 1.54) is 10.7 Å². The normalized spacial score (nSPS) is 11.2. The fourth-order valence-corrected chi connectivity index (χ4v) is 1.54. The van der Waals surface area contributed by atoms with Crippen molar-refractivity contribution in [3.05, 3.63) is 23.0 Å². The number of carboxylic acid groups (broad SMARTS) is 1. The van der Waals surface area contributed by atoms with E-state index in [1.807, 2.05) is 0 Å². The van der Waals surface area contributed by atoms with Crippen molar-refractivity contribution in [1.82, 2.24) is 4.68 Å². The van der Waals surface area contributed by atoms with E-state index in [0.717, 1.165) is 0 Å². The average molecular weight is 254 g/mol. The quantitative estimate of drug-likeness (QED) is 0.848. The van der Waals surface area contributed by atoms with E-state index in [2.05, 4.69) is 5.43 Å². The summed E-state index contributed by atoms with van der Waals surface area (Å²) < 4.78 is 6.50. The molecule has 1 aromatic rings. The molecule has 0 fully saturated rings. The maximum atomic E-state index is 11.6. The minimum Gasteiger partial charge on any atom is -0.478 e. The van der Waals surface area contributed by atoms with Gasteiger partial charge in [-0.15, -0.1) is 0 Å². The van der Waals surface area contributed by atoms with Crippen molar-refractivity contribution in [1.29, 1.82) is 0 Å². The molecule has 100 valence electrons. The number of rotatable bonds is 2. The van der Waals surface area contributed by atoms with Gasteiger partial charge in [-0.25, -0.2) is 15.0 Å². The fourth-order valence-electron chi connectivity index (χ4n) is 1.54. The van der Waals surface area contributed by atoms with Gasteiger partial charge >= 0.3 is 12.1 Å². The molecule has 0 aromatic carbocycles. The second-order valence-corrected chi connectivity index (χ2v) is 5.04. The summed E-state index contributed by atoms with van der Waals surface area (Å²) in [7, 11) is 0. The van der Waals surface area contributed by atoms with Crippen LogP contribution in [0.4, 0.5) is 4.79 Å². The van der Waals surface area contributed by atoms with E-state index < -0.39 is 17.7 Å². The molecular weight excluding hydrogens is 236 g/mol. The van der Waals surface area contributed by atoms with Crippen molar-refractivity contribution in [3.63, 3.8) is 0 Å². The number of aryl methyl sites for hydroxylation is 1. The van der Waals surface area contributed by atoms with Gasteiger partial charge < -0.3 is 9.84 Å². The Labute approximate surface area is 106 Å².